The lowest BCUT2D eigenvalue weighted by atomic mass is 10.0. The lowest BCUT2D eigenvalue weighted by molar-refractivity contribution is 0.0985. The number of nitrogens with zero attached hydrogens (tertiary/aromatic N) is 6. The van der Waals surface area contributed by atoms with E-state index in [0.717, 1.165) is 31.1 Å². The lowest BCUT2D eigenvalue weighted by Crippen LogP contribution is -2.43. The summed E-state index contributed by atoms with van der Waals surface area (Å²) in [7, 11) is 0. The number of fused-ring (bicyclic) bond motifs is 1. The molecule has 0 aliphatic carbocycles. The summed E-state index contributed by atoms with van der Waals surface area (Å²) in [5.41, 5.74) is 2.67. The van der Waals surface area contributed by atoms with Gasteiger partial charge in [-0.2, -0.15) is 4.68 Å². The molecule has 1 amide bonds. The molecule has 1 aliphatic rings. The topological polar surface area (TPSA) is 88.8 Å². The van der Waals surface area contributed by atoms with Gasteiger partial charge in [0.05, 0.1) is 16.8 Å². The maximum atomic E-state index is 13.5. The third-order valence-electron chi connectivity index (χ3n) is 5.19. The Morgan fingerprint density at radius 1 is 1.06 bits per heavy atom. The van der Waals surface area contributed by atoms with Crippen molar-refractivity contribution in [2.24, 2.45) is 0 Å². The first-order valence-electron chi connectivity index (χ1n) is 9.99. The third-order valence-corrected chi connectivity index (χ3v) is 5.48. The molecule has 155 valence electrons. The van der Waals surface area contributed by atoms with Crippen molar-refractivity contribution in [3.63, 3.8) is 0 Å². The number of nitrogens with one attached hydrogen (secondary N) is 1. The first kappa shape index (κ1) is 19.6. The van der Waals surface area contributed by atoms with Crippen LogP contribution in [0.1, 0.15) is 23.2 Å². The van der Waals surface area contributed by atoms with Crippen molar-refractivity contribution in [3.8, 4) is 5.69 Å². The number of hydrogen-bond acceptors (Lipinski definition) is 6. The quantitative estimate of drug-likeness (QED) is 0.531. The van der Waals surface area contributed by atoms with Crippen molar-refractivity contribution in [3.05, 3.63) is 77.6 Å². The summed E-state index contributed by atoms with van der Waals surface area (Å²) in [4.78, 5) is 23.9. The maximum absolute atomic E-state index is 13.5. The fraction of sp³-hybridized carbons (Fsp3) is 0.182. The van der Waals surface area contributed by atoms with Gasteiger partial charge in [-0.3, -0.25) is 9.69 Å². The van der Waals surface area contributed by atoms with E-state index in [4.69, 9.17) is 11.6 Å². The Balaban J connectivity index is 1.48. The van der Waals surface area contributed by atoms with Crippen LogP contribution in [-0.2, 0) is 0 Å². The highest BCUT2D eigenvalue weighted by atomic mass is 35.5. The molecule has 0 saturated carbocycles. The number of piperidine rings is 1. The Morgan fingerprint density at radius 2 is 1.87 bits per heavy atom. The molecule has 4 aromatic rings. The Bertz CT molecular complexity index is 1220. The number of carbonyl (C=O) groups excluding carboxylic acids is 1. The SMILES string of the molecule is O=C(c1ccc(-n2nnc3cccnc32)cc1)N([C]1CCCNC1)c1ncccc1Cl. The van der Waals surface area contributed by atoms with Crippen LogP contribution in [-0.4, -0.2) is 44.0 Å². The van der Waals surface area contributed by atoms with Gasteiger partial charge in [-0.25, -0.2) is 9.97 Å². The second-order valence-corrected chi connectivity index (χ2v) is 7.60. The van der Waals surface area contributed by atoms with E-state index in [1.807, 2.05) is 24.3 Å². The minimum atomic E-state index is -0.174. The molecule has 0 atom stereocenters. The van der Waals surface area contributed by atoms with Crippen molar-refractivity contribution in [2.75, 3.05) is 18.0 Å². The van der Waals surface area contributed by atoms with E-state index in [-0.39, 0.29) is 5.91 Å². The highest BCUT2D eigenvalue weighted by Gasteiger charge is 2.31. The molecule has 1 radical (unpaired) electrons. The second kappa shape index (κ2) is 8.41. The van der Waals surface area contributed by atoms with Crippen molar-refractivity contribution >= 4 is 34.5 Å². The van der Waals surface area contributed by atoms with Gasteiger partial charge in [-0.15, -0.1) is 5.10 Å². The molecule has 1 aliphatic heterocycles. The normalized spacial score (nSPS) is 14.6. The Kier molecular flexibility index (Phi) is 5.31. The van der Waals surface area contributed by atoms with Crippen LogP contribution < -0.4 is 10.2 Å². The summed E-state index contributed by atoms with van der Waals surface area (Å²) < 4.78 is 1.65. The van der Waals surface area contributed by atoms with Crippen LogP contribution in [0.5, 0.6) is 0 Å². The molecule has 3 aromatic heterocycles. The van der Waals surface area contributed by atoms with E-state index < -0.39 is 0 Å². The van der Waals surface area contributed by atoms with Crippen molar-refractivity contribution < 1.29 is 4.79 Å². The fourth-order valence-electron chi connectivity index (χ4n) is 3.67. The van der Waals surface area contributed by atoms with Crippen LogP contribution in [0.2, 0.25) is 5.02 Å². The van der Waals surface area contributed by atoms with E-state index in [1.165, 1.54) is 0 Å². The smallest absolute Gasteiger partial charge is 0.260 e. The van der Waals surface area contributed by atoms with Gasteiger partial charge < -0.3 is 5.32 Å². The monoisotopic (exact) mass is 432 g/mol. The first-order valence-corrected chi connectivity index (χ1v) is 10.4. The molecule has 1 saturated heterocycles. The minimum absolute atomic E-state index is 0.174. The van der Waals surface area contributed by atoms with Gasteiger partial charge in [-0.05, 0) is 67.9 Å². The van der Waals surface area contributed by atoms with Crippen molar-refractivity contribution in [1.82, 2.24) is 30.3 Å². The molecule has 1 N–H and O–H groups in total. The molecule has 0 spiro atoms. The Hall–Kier alpha value is -3.36. The maximum Gasteiger partial charge on any atom is 0.260 e. The van der Waals surface area contributed by atoms with Gasteiger partial charge in [0.25, 0.3) is 5.91 Å². The molecule has 5 rings (SSSR count). The predicted molar refractivity (Wildman–Crippen MR) is 118 cm³/mol. The average molecular weight is 433 g/mol. The number of aromatic nitrogens is 5. The number of carbonyl (C=O) groups is 1. The zero-order chi connectivity index (χ0) is 21.2. The first-order chi connectivity index (χ1) is 15.2. The Morgan fingerprint density at radius 3 is 2.65 bits per heavy atom. The largest absolute Gasteiger partial charge is 0.314 e. The summed E-state index contributed by atoms with van der Waals surface area (Å²) in [5, 5.41) is 12.1. The van der Waals surface area contributed by atoms with Crippen LogP contribution in [0, 0.1) is 6.04 Å². The van der Waals surface area contributed by atoms with E-state index in [1.54, 1.807) is 46.2 Å². The standard InChI is InChI=1S/C22H19ClN7O/c23-18-5-2-12-25-20(18)29(17-4-1-11-24-14-17)22(31)15-7-9-16(10-8-15)30-21-19(27-28-30)6-3-13-26-21/h2-3,5-10,12-13,24H,1,4,11,14H2. The summed E-state index contributed by atoms with van der Waals surface area (Å²) in [5.74, 6) is 0.274. The highest BCUT2D eigenvalue weighted by Crippen LogP contribution is 2.31. The van der Waals surface area contributed by atoms with E-state index in [0.29, 0.717) is 34.1 Å². The van der Waals surface area contributed by atoms with Crippen LogP contribution in [0.25, 0.3) is 16.9 Å². The zero-order valence-electron chi connectivity index (χ0n) is 16.6. The molecule has 1 fully saturated rings. The van der Waals surface area contributed by atoms with Gasteiger partial charge in [-0.1, -0.05) is 16.8 Å². The molecule has 8 nitrogen and oxygen atoms in total. The predicted octanol–water partition coefficient (Wildman–Crippen LogP) is 3.43. The molecular weight excluding hydrogens is 414 g/mol. The van der Waals surface area contributed by atoms with Gasteiger partial charge in [0, 0.05) is 24.5 Å². The Labute approximate surface area is 183 Å². The lowest BCUT2D eigenvalue weighted by Gasteiger charge is -2.33. The fourth-order valence-corrected chi connectivity index (χ4v) is 3.88. The highest BCUT2D eigenvalue weighted by molar-refractivity contribution is 6.33. The van der Waals surface area contributed by atoms with Crippen LogP contribution >= 0.6 is 11.6 Å². The second-order valence-electron chi connectivity index (χ2n) is 7.19. The van der Waals surface area contributed by atoms with Gasteiger partial charge in [0.15, 0.2) is 11.5 Å². The van der Waals surface area contributed by atoms with Crippen LogP contribution in [0.3, 0.4) is 0 Å². The van der Waals surface area contributed by atoms with Crippen molar-refractivity contribution in [1.29, 1.82) is 0 Å². The number of halogens is 1. The van der Waals surface area contributed by atoms with Gasteiger partial charge in [0.1, 0.15) is 5.52 Å². The minimum Gasteiger partial charge on any atom is -0.314 e. The number of benzene rings is 1. The van der Waals surface area contributed by atoms with E-state index >= 15 is 0 Å². The van der Waals surface area contributed by atoms with Crippen LogP contribution in [0.4, 0.5) is 5.82 Å². The van der Waals surface area contributed by atoms with Gasteiger partial charge >= 0.3 is 0 Å². The molecule has 1 aromatic carbocycles. The molecule has 0 bridgehead atoms. The number of pyridine rings is 2. The van der Waals surface area contributed by atoms with Crippen molar-refractivity contribution in [2.45, 2.75) is 12.8 Å². The van der Waals surface area contributed by atoms with Crippen LogP contribution in [0.15, 0.2) is 60.9 Å². The molecular formula is C22H19ClN7O. The summed E-state index contributed by atoms with van der Waals surface area (Å²) in [6, 6.07) is 15.3. The summed E-state index contributed by atoms with van der Waals surface area (Å²) in [6.45, 7) is 1.55. The zero-order valence-corrected chi connectivity index (χ0v) is 17.3. The number of rotatable bonds is 4. The van der Waals surface area contributed by atoms with E-state index in [2.05, 4.69) is 25.6 Å². The average Bonchev–Trinajstić information content (AvgIpc) is 3.25. The molecule has 9 heteroatoms. The molecule has 31 heavy (non-hydrogen) atoms. The molecule has 4 heterocycles. The number of hydrogen-bond donors (Lipinski definition) is 1. The summed E-state index contributed by atoms with van der Waals surface area (Å²) in [6.07, 6.45) is 5.10. The van der Waals surface area contributed by atoms with Gasteiger partial charge in [0.2, 0.25) is 0 Å². The van der Waals surface area contributed by atoms with E-state index in [9.17, 15) is 4.79 Å². The molecule has 0 unspecified atom stereocenters. The number of anilines is 1. The summed E-state index contributed by atoms with van der Waals surface area (Å²) >= 11 is 6.40. The number of amides is 1. The third kappa shape index (κ3) is 3.75.